The minimum absolute atomic E-state index is 0.0616. The zero-order chi connectivity index (χ0) is 23.0. The second-order valence-corrected chi connectivity index (χ2v) is 6.91. The summed E-state index contributed by atoms with van der Waals surface area (Å²) in [5.74, 6) is -1.31. The number of alkyl halides is 1. The van der Waals surface area contributed by atoms with Crippen molar-refractivity contribution in [2.24, 2.45) is 0 Å². The van der Waals surface area contributed by atoms with Crippen LogP contribution in [0.15, 0.2) is 30.6 Å². The average Bonchev–Trinajstić information content (AvgIpc) is 2.69. The largest absolute Gasteiger partial charge is 0.338 e. The molecule has 0 aliphatic carbocycles. The van der Waals surface area contributed by atoms with Crippen LogP contribution in [0.1, 0.15) is 52.9 Å². The molecule has 0 spiro atoms. The molecule has 2 heterocycles. The number of rotatable bonds is 5. The summed E-state index contributed by atoms with van der Waals surface area (Å²) in [7, 11) is 0. The molecule has 1 fully saturated rings. The summed E-state index contributed by atoms with van der Waals surface area (Å²) in [6.45, 7) is 1.62. The van der Waals surface area contributed by atoms with E-state index in [9.17, 15) is 9.18 Å². The van der Waals surface area contributed by atoms with Gasteiger partial charge >= 0.3 is 0 Å². The molecule has 144 valence electrons. The highest BCUT2D eigenvalue weighted by molar-refractivity contribution is 6.31. The van der Waals surface area contributed by atoms with E-state index in [1.807, 2.05) is 0 Å². The van der Waals surface area contributed by atoms with Gasteiger partial charge in [-0.2, -0.15) is 0 Å². The van der Waals surface area contributed by atoms with Crippen LogP contribution in [0.5, 0.6) is 0 Å². The maximum Gasteiger partial charge on any atom is 0.253 e. The monoisotopic (exact) mass is 397 g/mol. The van der Waals surface area contributed by atoms with Gasteiger partial charge in [-0.05, 0) is 56.3 Å². The summed E-state index contributed by atoms with van der Waals surface area (Å²) in [5.41, 5.74) is -1.44. The van der Waals surface area contributed by atoms with Gasteiger partial charge in [0.1, 0.15) is 17.3 Å². The molecule has 7 heteroatoms. The second-order valence-electron chi connectivity index (χ2n) is 6.50. The number of piperidine rings is 1. The van der Waals surface area contributed by atoms with Gasteiger partial charge in [0.2, 0.25) is 0 Å². The summed E-state index contributed by atoms with van der Waals surface area (Å²) in [6.07, 6.45) is -3.30. The number of halogens is 3. The molecule has 1 saturated heterocycles. The molecule has 0 N–H and O–H groups in total. The van der Waals surface area contributed by atoms with E-state index in [0.29, 0.717) is 0 Å². The third kappa shape index (κ3) is 5.01. The normalized spacial score (nSPS) is 19.6. The van der Waals surface area contributed by atoms with E-state index in [1.54, 1.807) is 6.92 Å². The van der Waals surface area contributed by atoms with E-state index < -0.39 is 36.6 Å². The first-order valence-corrected chi connectivity index (χ1v) is 8.95. The molecule has 2 aromatic rings. The minimum atomic E-state index is -2.51. The summed E-state index contributed by atoms with van der Waals surface area (Å²) in [5, 5.41) is -0.195. The van der Waals surface area contributed by atoms with E-state index >= 15 is 4.39 Å². The van der Waals surface area contributed by atoms with Crippen molar-refractivity contribution in [2.45, 2.75) is 44.6 Å². The molecule has 1 amide bonds. The third-order valence-corrected chi connectivity index (χ3v) is 4.73. The number of aryl methyl sites for hydroxylation is 2. The number of amides is 1. The fraction of sp³-hybridized carbons (Fsp3) is 0.450. The van der Waals surface area contributed by atoms with Crippen molar-refractivity contribution < 1.29 is 19.1 Å². The van der Waals surface area contributed by atoms with Crippen LogP contribution in [0, 0.1) is 12.7 Å². The van der Waals surface area contributed by atoms with E-state index in [4.69, 9.17) is 17.1 Å². The van der Waals surface area contributed by atoms with E-state index in [-0.39, 0.29) is 42.3 Å². The van der Waals surface area contributed by atoms with Gasteiger partial charge < -0.3 is 4.90 Å². The van der Waals surface area contributed by atoms with Crippen LogP contribution < -0.4 is 0 Å². The highest BCUT2D eigenvalue weighted by atomic mass is 35.5. The lowest BCUT2D eigenvalue weighted by Crippen LogP contribution is -2.44. The Labute approximate surface area is 168 Å². The van der Waals surface area contributed by atoms with Crippen LogP contribution in [0.4, 0.5) is 8.78 Å². The van der Waals surface area contributed by atoms with Gasteiger partial charge in [0, 0.05) is 42.9 Å². The highest BCUT2D eigenvalue weighted by Crippen LogP contribution is 2.32. The molecule has 0 atom stereocenters. The number of carbonyl (C=O) groups excluding carboxylic acids is 1. The molecule has 0 bridgehead atoms. The minimum Gasteiger partial charge on any atom is -0.338 e. The zero-order valence-electron chi connectivity index (χ0n) is 18.8. The van der Waals surface area contributed by atoms with Gasteiger partial charge in [-0.1, -0.05) is 11.6 Å². The standard InChI is InChI=1S/C20H22ClF2N3O/c1-14-12-24-18(25-13-14)3-2-6-20(23)7-9-26(10-8-20)19(27)15-4-5-17(22)16(21)11-15/h4-5,11-13H,2-3,6-10H2,1H3/i3D2,6D2. The Bertz CT molecular complexity index is 967. The summed E-state index contributed by atoms with van der Waals surface area (Å²) in [4.78, 5) is 21.8. The number of benzene rings is 1. The molecule has 1 aromatic carbocycles. The van der Waals surface area contributed by atoms with Crippen molar-refractivity contribution in [3.63, 3.8) is 0 Å². The SMILES string of the molecule is [2H]C([2H])(CC([2H])([2H])C1(F)CCN(C(=O)c2ccc(F)c(Cl)c2)CC1)c1ncc(C)cn1. The maximum absolute atomic E-state index is 15.6. The van der Waals surface area contributed by atoms with Crippen molar-refractivity contribution in [1.82, 2.24) is 14.9 Å². The Hall–Kier alpha value is -2.08. The van der Waals surface area contributed by atoms with Gasteiger partial charge in [-0.3, -0.25) is 4.79 Å². The van der Waals surface area contributed by atoms with Gasteiger partial charge in [-0.15, -0.1) is 0 Å². The number of carbonyl (C=O) groups is 1. The fourth-order valence-corrected chi connectivity index (χ4v) is 3.00. The van der Waals surface area contributed by atoms with Crippen LogP contribution in [0.2, 0.25) is 5.02 Å². The van der Waals surface area contributed by atoms with E-state index in [1.165, 1.54) is 29.4 Å². The highest BCUT2D eigenvalue weighted by Gasteiger charge is 2.35. The summed E-state index contributed by atoms with van der Waals surface area (Å²) < 4.78 is 61.9. The first-order chi connectivity index (χ1) is 14.3. The molecule has 3 rings (SSSR count). The smallest absolute Gasteiger partial charge is 0.253 e. The number of nitrogens with zero attached hydrogens (tertiary/aromatic N) is 3. The molecule has 4 nitrogen and oxygen atoms in total. The first kappa shape index (κ1) is 14.9. The Balaban J connectivity index is 1.70. The van der Waals surface area contributed by atoms with Crippen LogP contribution in [-0.4, -0.2) is 39.5 Å². The number of aromatic nitrogens is 2. The fourth-order valence-electron chi connectivity index (χ4n) is 2.82. The van der Waals surface area contributed by atoms with Crippen LogP contribution in [0.3, 0.4) is 0 Å². The Morgan fingerprint density at radius 1 is 1.33 bits per heavy atom. The molecule has 0 unspecified atom stereocenters. The zero-order valence-corrected chi connectivity index (χ0v) is 15.6. The van der Waals surface area contributed by atoms with Crippen molar-refractivity contribution in [1.29, 1.82) is 0 Å². The summed E-state index contributed by atoms with van der Waals surface area (Å²) >= 11 is 5.72. The number of hydrogen-bond acceptors (Lipinski definition) is 3. The predicted octanol–water partition coefficient (Wildman–Crippen LogP) is 4.54. The van der Waals surface area contributed by atoms with Gasteiger partial charge in [0.05, 0.1) is 5.02 Å². The summed E-state index contributed by atoms with van der Waals surface area (Å²) in [6, 6.07) is 3.56. The lowest BCUT2D eigenvalue weighted by Gasteiger charge is -2.36. The van der Waals surface area contributed by atoms with Crippen molar-refractivity contribution >= 4 is 17.5 Å². The quantitative estimate of drug-likeness (QED) is 0.743. The number of hydrogen-bond donors (Lipinski definition) is 0. The van der Waals surface area contributed by atoms with E-state index in [2.05, 4.69) is 9.97 Å². The van der Waals surface area contributed by atoms with Gasteiger partial charge in [-0.25, -0.2) is 18.7 Å². The molecule has 0 radical (unpaired) electrons. The topological polar surface area (TPSA) is 46.1 Å². The van der Waals surface area contributed by atoms with Crippen molar-refractivity contribution in [3.05, 3.63) is 58.4 Å². The maximum atomic E-state index is 15.6. The Kier molecular flexibility index (Phi) is 4.58. The molecule has 27 heavy (non-hydrogen) atoms. The lowest BCUT2D eigenvalue weighted by atomic mass is 9.88. The first-order valence-electron chi connectivity index (χ1n) is 10.6. The number of likely N-dealkylation sites (tertiary alicyclic amines) is 1. The van der Waals surface area contributed by atoms with Gasteiger partial charge in [0.25, 0.3) is 5.91 Å². The second kappa shape index (κ2) is 8.30. The van der Waals surface area contributed by atoms with Crippen LogP contribution >= 0.6 is 11.6 Å². The van der Waals surface area contributed by atoms with Crippen molar-refractivity contribution in [3.8, 4) is 0 Å². The third-order valence-electron chi connectivity index (χ3n) is 4.44. The van der Waals surface area contributed by atoms with Crippen LogP contribution in [0.25, 0.3) is 0 Å². The van der Waals surface area contributed by atoms with Crippen LogP contribution in [-0.2, 0) is 6.37 Å². The van der Waals surface area contributed by atoms with Gasteiger partial charge in [0.15, 0.2) is 0 Å². The molecular formula is C20H22ClF2N3O. The molecule has 0 saturated carbocycles. The molecule has 1 aromatic heterocycles. The molecule has 1 aliphatic rings. The Morgan fingerprint density at radius 2 is 2.00 bits per heavy atom. The molecule has 1 aliphatic heterocycles. The van der Waals surface area contributed by atoms with Crippen molar-refractivity contribution in [2.75, 3.05) is 13.1 Å². The lowest BCUT2D eigenvalue weighted by molar-refractivity contribution is 0.0389. The average molecular weight is 398 g/mol. The predicted molar refractivity (Wildman–Crippen MR) is 100 cm³/mol. The Morgan fingerprint density at radius 3 is 2.63 bits per heavy atom. The molecular weight excluding hydrogens is 372 g/mol. The van der Waals surface area contributed by atoms with E-state index in [0.717, 1.165) is 11.6 Å².